The van der Waals surface area contributed by atoms with Crippen LogP contribution in [0.3, 0.4) is 0 Å². The summed E-state index contributed by atoms with van der Waals surface area (Å²) >= 11 is 3.45. The molecule has 0 aromatic heterocycles. The van der Waals surface area contributed by atoms with Gasteiger partial charge in [-0.1, -0.05) is 6.07 Å². The van der Waals surface area contributed by atoms with Crippen LogP contribution in [0.15, 0.2) is 22.7 Å². The maximum Gasteiger partial charge on any atom is 0.255 e. The Morgan fingerprint density at radius 2 is 2.15 bits per heavy atom. The van der Waals surface area contributed by atoms with Crippen LogP contribution in [0.5, 0.6) is 0 Å². The normalized spacial score (nSPS) is 18.8. The standard InChI is InChI=1S/C15H19BrN2O2/c1-10-5-6-12(13(16)8-10)15(20)18-7-3-4-11(9-18)14(19)17-2/h5-6,8,11H,3-4,7,9H2,1-2H3,(H,17,19). The zero-order valence-corrected chi connectivity index (χ0v) is 13.4. The Bertz CT molecular complexity index is 531. The largest absolute Gasteiger partial charge is 0.359 e. The molecule has 2 rings (SSSR count). The van der Waals surface area contributed by atoms with Gasteiger partial charge in [0, 0.05) is 24.6 Å². The molecule has 1 unspecified atom stereocenters. The molecule has 4 nitrogen and oxygen atoms in total. The minimum absolute atomic E-state index is 0.00882. The van der Waals surface area contributed by atoms with Gasteiger partial charge in [-0.25, -0.2) is 0 Å². The summed E-state index contributed by atoms with van der Waals surface area (Å²) in [5, 5.41) is 2.67. The summed E-state index contributed by atoms with van der Waals surface area (Å²) in [7, 11) is 1.64. The number of aryl methyl sites for hydroxylation is 1. The summed E-state index contributed by atoms with van der Waals surface area (Å²) in [6.45, 7) is 3.20. The average molecular weight is 339 g/mol. The van der Waals surface area contributed by atoms with Gasteiger partial charge < -0.3 is 10.2 Å². The van der Waals surface area contributed by atoms with Gasteiger partial charge in [0.15, 0.2) is 0 Å². The molecule has 0 aliphatic carbocycles. The van der Waals surface area contributed by atoms with Gasteiger partial charge in [0.25, 0.3) is 5.91 Å². The second-order valence-corrected chi connectivity index (χ2v) is 6.04. The highest BCUT2D eigenvalue weighted by atomic mass is 79.9. The van der Waals surface area contributed by atoms with Gasteiger partial charge in [-0.05, 0) is 53.4 Å². The number of nitrogens with one attached hydrogen (secondary N) is 1. The van der Waals surface area contributed by atoms with E-state index in [4.69, 9.17) is 0 Å². The van der Waals surface area contributed by atoms with Crippen LogP contribution in [0.25, 0.3) is 0 Å². The van der Waals surface area contributed by atoms with Crippen LogP contribution >= 0.6 is 15.9 Å². The number of benzene rings is 1. The van der Waals surface area contributed by atoms with Crippen LogP contribution in [-0.4, -0.2) is 36.9 Å². The second-order valence-electron chi connectivity index (χ2n) is 5.19. The molecule has 1 aromatic carbocycles. The molecule has 1 saturated heterocycles. The van der Waals surface area contributed by atoms with Gasteiger partial charge in [0.1, 0.15) is 0 Å². The Balaban J connectivity index is 2.14. The van der Waals surface area contributed by atoms with Gasteiger partial charge in [-0.15, -0.1) is 0 Å². The summed E-state index contributed by atoms with van der Waals surface area (Å²) in [5.41, 5.74) is 1.77. The lowest BCUT2D eigenvalue weighted by molar-refractivity contribution is -0.125. The highest BCUT2D eigenvalue weighted by Gasteiger charge is 2.28. The number of carbonyl (C=O) groups is 2. The quantitative estimate of drug-likeness (QED) is 0.899. The maximum atomic E-state index is 12.6. The molecule has 0 bridgehead atoms. The molecule has 0 spiro atoms. The number of hydrogen-bond donors (Lipinski definition) is 1. The number of rotatable bonds is 2. The first kappa shape index (κ1) is 15.0. The Kier molecular flexibility index (Phi) is 4.81. The predicted molar refractivity (Wildman–Crippen MR) is 81.6 cm³/mol. The van der Waals surface area contributed by atoms with Crippen LogP contribution in [0.1, 0.15) is 28.8 Å². The predicted octanol–water partition coefficient (Wildman–Crippen LogP) is 2.36. The van der Waals surface area contributed by atoms with E-state index in [1.54, 1.807) is 11.9 Å². The van der Waals surface area contributed by atoms with Crippen LogP contribution in [0.4, 0.5) is 0 Å². The second kappa shape index (κ2) is 6.39. The molecule has 1 heterocycles. The first-order valence-electron chi connectivity index (χ1n) is 6.80. The lowest BCUT2D eigenvalue weighted by Crippen LogP contribution is -2.44. The minimum Gasteiger partial charge on any atom is -0.359 e. The smallest absolute Gasteiger partial charge is 0.255 e. The van der Waals surface area contributed by atoms with Gasteiger partial charge in [-0.2, -0.15) is 0 Å². The number of likely N-dealkylation sites (tertiary alicyclic amines) is 1. The SMILES string of the molecule is CNC(=O)C1CCCN(C(=O)c2ccc(C)cc2Br)C1. The van der Waals surface area contributed by atoms with E-state index in [1.165, 1.54) is 0 Å². The van der Waals surface area contributed by atoms with E-state index in [0.717, 1.165) is 22.9 Å². The minimum atomic E-state index is -0.0954. The molecule has 5 heteroatoms. The third-order valence-corrected chi connectivity index (χ3v) is 4.34. The fraction of sp³-hybridized carbons (Fsp3) is 0.467. The molecular formula is C15H19BrN2O2. The fourth-order valence-corrected chi connectivity index (χ4v) is 3.21. The summed E-state index contributed by atoms with van der Waals surface area (Å²) in [4.78, 5) is 26.1. The van der Waals surface area contributed by atoms with Crippen molar-refractivity contribution in [1.82, 2.24) is 10.2 Å². The number of amides is 2. The third kappa shape index (κ3) is 3.20. The van der Waals surface area contributed by atoms with Crippen molar-refractivity contribution in [2.24, 2.45) is 5.92 Å². The molecule has 108 valence electrons. The lowest BCUT2D eigenvalue weighted by atomic mass is 9.96. The summed E-state index contributed by atoms with van der Waals surface area (Å²) in [6.07, 6.45) is 1.71. The Labute approximate surface area is 127 Å². The molecule has 1 atom stereocenters. The Hall–Kier alpha value is -1.36. The summed E-state index contributed by atoms with van der Waals surface area (Å²) in [6, 6.07) is 5.71. The van der Waals surface area contributed by atoms with E-state index in [-0.39, 0.29) is 17.7 Å². The zero-order chi connectivity index (χ0) is 14.7. The molecule has 2 amide bonds. The van der Waals surface area contributed by atoms with Gasteiger partial charge in [0.05, 0.1) is 11.5 Å². The van der Waals surface area contributed by atoms with Gasteiger partial charge >= 0.3 is 0 Å². The molecule has 1 aliphatic heterocycles. The van der Waals surface area contributed by atoms with Crippen molar-refractivity contribution in [3.63, 3.8) is 0 Å². The number of carbonyl (C=O) groups excluding carboxylic acids is 2. The first-order chi connectivity index (χ1) is 9.52. The maximum absolute atomic E-state index is 12.6. The van der Waals surface area contributed by atoms with Crippen molar-refractivity contribution < 1.29 is 9.59 Å². The zero-order valence-electron chi connectivity index (χ0n) is 11.8. The average Bonchev–Trinajstić information content (AvgIpc) is 2.46. The highest BCUT2D eigenvalue weighted by molar-refractivity contribution is 9.10. The van der Waals surface area contributed by atoms with Gasteiger partial charge in [0.2, 0.25) is 5.91 Å². The molecular weight excluding hydrogens is 320 g/mol. The van der Waals surface area contributed by atoms with E-state index in [1.807, 2.05) is 25.1 Å². The Morgan fingerprint density at radius 3 is 2.80 bits per heavy atom. The van der Waals surface area contributed by atoms with Crippen LogP contribution in [0, 0.1) is 12.8 Å². The van der Waals surface area contributed by atoms with Crippen molar-refractivity contribution in [3.8, 4) is 0 Å². The van der Waals surface area contributed by atoms with E-state index in [9.17, 15) is 9.59 Å². The number of halogens is 1. The van der Waals surface area contributed by atoms with Crippen molar-refractivity contribution >= 4 is 27.7 Å². The molecule has 1 fully saturated rings. The molecule has 20 heavy (non-hydrogen) atoms. The molecule has 1 N–H and O–H groups in total. The van der Waals surface area contributed by atoms with Crippen molar-refractivity contribution in [2.45, 2.75) is 19.8 Å². The summed E-state index contributed by atoms with van der Waals surface area (Å²) < 4.78 is 0.810. The lowest BCUT2D eigenvalue weighted by Gasteiger charge is -2.32. The number of piperidine rings is 1. The van der Waals surface area contributed by atoms with E-state index in [2.05, 4.69) is 21.2 Å². The van der Waals surface area contributed by atoms with Crippen LogP contribution < -0.4 is 5.32 Å². The fourth-order valence-electron chi connectivity index (χ4n) is 2.54. The third-order valence-electron chi connectivity index (χ3n) is 3.68. The first-order valence-corrected chi connectivity index (χ1v) is 7.59. The van der Waals surface area contributed by atoms with E-state index >= 15 is 0 Å². The number of nitrogens with zero attached hydrogens (tertiary/aromatic N) is 1. The topological polar surface area (TPSA) is 49.4 Å². The van der Waals surface area contributed by atoms with Crippen molar-refractivity contribution in [2.75, 3.05) is 20.1 Å². The van der Waals surface area contributed by atoms with E-state index in [0.29, 0.717) is 18.7 Å². The van der Waals surface area contributed by atoms with Gasteiger partial charge in [-0.3, -0.25) is 9.59 Å². The Morgan fingerprint density at radius 1 is 1.40 bits per heavy atom. The molecule has 1 aliphatic rings. The molecule has 1 aromatic rings. The summed E-state index contributed by atoms with van der Waals surface area (Å²) in [5.74, 6) is -0.0853. The van der Waals surface area contributed by atoms with E-state index < -0.39 is 0 Å². The van der Waals surface area contributed by atoms with Crippen molar-refractivity contribution in [3.05, 3.63) is 33.8 Å². The number of hydrogen-bond acceptors (Lipinski definition) is 2. The molecule has 0 radical (unpaired) electrons. The van der Waals surface area contributed by atoms with Crippen LogP contribution in [0.2, 0.25) is 0 Å². The highest BCUT2D eigenvalue weighted by Crippen LogP contribution is 2.23. The molecule has 0 saturated carbocycles. The van der Waals surface area contributed by atoms with Crippen LogP contribution in [-0.2, 0) is 4.79 Å². The monoisotopic (exact) mass is 338 g/mol. The van der Waals surface area contributed by atoms with Crippen molar-refractivity contribution in [1.29, 1.82) is 0 Å².